The zero-order valence-corrected chi connectivity index (χ0v) is 13.0. The molecule has 1 fully saturated rings. The van der Waals surface area contributed by atoms with Gasteiger partial charge in [0.1, 0.15) is 0 Å². The summed E-state index contributed by atoms with van der Waals surface area (Å²) in [6.45, 7) is 4.42. The fourth-order valence-electron chi connectivity index (χ4n) is 3.45. The summed E-state index contributed by atoms with van der Waals surface area (Å²) in [6.07, 6.45) is 0.660. The number of amides is 1. The third kappa shape index (κ3) is 2.28. The Bertz CT molecular complexity index is 787. The summed E-state index contributed by atoms with van der Waals surface area (Å²) in [5.74, 6) is -0.103. The normalized spacial score (nSPS) is 21.2. The molecule has 1 aromatic heterocycles. The van der Waals surface area contributed by atoms with E-state index in [0.29, 0.717) is 12.1 Å². The number of carboxylic acid groups (broad SMARTS) is 1. The van der Waals surface area contributed by atoms with E-state index in [1.807, 2.05) is 32.0 Å². The van der Waals surface area contributed by atoms with Crippen LogP contribution in [-0.2, 0) is 7.05 Å². The van der Waals surface area contributed by atoms with Crippen LogP contribution >= 0.6 is 0 Å². The first-order valence-electron chi connectivity index (χ1n) is 7.39. The zero-order valence-electron chi connectivity index (χ0n) is 13.0. The van der Waals surface area contributed by atoms with Crippen LogP contribution in [0.2, 0.25) is 0 Å². The molecule has 1 aliphatic rings. The molecule has 6 heteroatoms. The summed E-state index contributed by atoms with van der Waals surface area (Å²) >= 11 is 0. The number of hydrogen-bond acceptors (Lipinski definition) is 3. The molecular weight excluding hydrogens is 284 g/mol. The van der Waals surface area contributed by atoms with Gasteiger partial charge in [0.05, 0.1) is 5.52 Å². The Morgan fingerprint density at radius 1 is 1.41 bits per heavy atom. The number of aromatic nitrogens is 1. The lowest BCUT2D eigenvalue weighted by Gasteiger charge is -2.44. The summed E-state index contributed by atoms with van der Waals surface area (Å²) in [7, 11) is 1.68. The Labute approximate surface area is 127 Å². The average molecular weight is 304 g/mol. The van der Waals surface area contributed by atoms with Gasteiger partial charge < -0.3 is 14.4 Å². The van der Waals surface area contributed by atoms with E-state index in [4.69, 9.17) is 4.42 Å². The number of fused-ring (bicyclic) bond motifs is 1. The van der Waals surface area contributed by atoms with E-state index in [-0.39, 0.29) is 11.7 Å². The van der Waals surface area contributed by atoms with Crippen molar-refractivity contribution in [2.75, 3.05) is 6.54 Å². The van der Waals surface area contributed by atoms with Crippen LogP contribution in [0, 0.1) is 0 Å². The van der Waals surface area contributed by atoms with Crippen molar-refractivity contribution in [3.05, 3.63) is 34.3 Å². The lowest BCUT2D eigenvalue weighted by atomic mass is 9.79. The van der Waals surface area contributed by atoms with E-state index in [2.05, 4.69) is 0 Å². The highest BCUT2D eigenvalue weighted by Gasteiger charge is 2.38. The van der Waals surface area contributed by atoms with Crippen molar-refractivity contribution in [2.24, 2.45) is 7.05 Å². The van der Waals surface area contributed by atoms with E-state index >= 15 is 0 Å². The molecule has 2 aromatic rings. The number of oxazole rings is 1. The monoisotopic (exact) mass is 304 g/mol. The summed E-state index contributed by atoms with van der Waals surface area (Å²) in [5, 5.41) is 9.28. The molecule has 0 saturated carbocycles. The fraction of sp³-hybridized carbons (Fsp3) is 0.500. The van der Waals surface area contributed by atoms with Crippen molar-refractivity contribution in [1.29, 1.82) is 0 Å². The smallest absolute Gasteiger partial charge is 0.419 e. The second-order valence-electron chi connectivity index (χ2n) is 6.59. The molecule has 22 heavy (non-hydrogen) atoms. The number of likely N-dealkylation sites (tertiary alicyclic amines) is 1. The van der Waals surface area contributed by atoms with Gasteiger partial charge in [-0.25, -0.2) is 9.59 Å². The Balaban J connectivity index is 1.92. The lowest BCUT2D eigenvalue weighted by Crippen LogP contribution is -2.51. The molecule has 1 atom stereocenters. The average Bonchev–Trinajstić information content (AvgIpc) is 2.72. The lowest BCUT2D eigenvalue weighted by molar-refractivity contribution is 0.0606. The number of aryl methyl sites for hydroxylation is 1. The topological polar surface area (TPSA) is 75.7 Å². The van der Waals surface area contributed by atoms with Crippen molar-refractivity contribution >= 4 is 17.2 Å². The summed E-state index contributed by atoms with van der Waals surface area (Å²) < 4.78 is 6.73. The maximum Gasteiger partial charge on any atom is 0.419 e. The minimum absolute atomic E-state index is 0.264. The quantitative estimate of drug-likeness (QED) is 0.879. The van der Waals surface area contributed by atoms with E-state index in [1.165, 1.54) is 9.47 Å². The van der Waals surface area contributed by atoms with Crippen molar-refractivity contribution in [1.82, 2.24) is 9.47 Å². The number of rotatable bonds is 1. The molecule has 2 heterocycles. The predicted molar refractivity (Wildman–Crippen MR) is 82.2 cm³/mol. The molecule has 1 saturated heterocycles. The highest BCUT2D eigenvalue weighted by atomic mass is 16.4. The molecule has 118 valence electrons. The van der Waals surface area contributed by atoms with E-state index < -0.39 is 11.6 Å². The van der Waals surface area contributed by atoms with Crippen LogP contribution in [0.15, 0.2) is 27.4 Å². The summed E-state index contributed by atoms with van der Waals surface area (Å²) in [6, 6.07) is 5.81. The van der Waals surface area contributed by atoms with Crippen molar-refractivity contribution < 1.29 is 14.3 Å². The van der Waals surface area contributed by atoms with Gasteiger partial charge in [-0.15, -0.1) is 0 Å². The zero-order chi connectivity index (χ0) is 16.1. The predicted octanol–water partition coefficient (Wildman–Crippen LogP) is 2.77. The van der Waals surface area contributed by atoms with Crippen LogP contribution in [-0.4, -0.2) is 32.8 Å². The van der Waals surface area contributed by atoms with Crippen molar-refractivity contribution in [3.63, 3.8) is 0 Å². The Kier molecular flexibility index (Phi) is 3.27. The molecule has 1 aliphatic heterocycles. The molecule has 1 unspecified atom stereocenters. The van der Waals surface area contributed by atoms with Crippen molar-refractivity contribution in [3.8, 4) is 0 Å². The van der Waals surface area contributed by atoms with E-state index in [1.54, 1.807) is 7.05 Å². The highest BCUT2D eigenvalue weighted by molar-refractivity contribution is 5.74. The third-order valence-corrected chi connectivity index (χ3v) is 4.70. The second kappa shape index (κ2) is 4.90. The number of hydrogen-bond donors (Lipinski definition) is 1. The standard InChI is InChI=1S/C16H20N2O4/c1-16(2)9-11(6-7-18(16)14(19)20)10-4-5-12-13(8-10)22-15(21)17(12)3/h4-5,8,11H,6-7,9H2,1-3H3,(H,19,20). The molecule has 1 aromatic carbocycles. The molecule has 0 spiro atoms. The van der Waals surface area contributed by atoms with Gasteiger partial charge in [0.15, 0.2) is 5.58 Å². The maximum absolute atomic E-state index is 11.6. The number of carbonyl (C=O) groups is 1. The second-order valence-corrected chi connectivity index (χ2v) is 6.59. The SMILES string of the molecule is Cn1c(=O)oc2cc(C3CCN(C(=O)O)C(C)(C)C3)ccc21. The van der Waals surface area contributed by atoms with Gasteiger partial charge in [-0.2, -0.15) is 0 Å². The van der Waals surface area contributed by atoms with Gasteiger partial charge in [0.25, 0.3) is 0 Å². The Morgan fingerprint density at radius 3 is 2.77 bits per heavy atom. The van der Waals surface area contributed by atoms with Gasteiger partial charge >= 0.3 is 11.8 Å². The molecule has 1 amide bonds. The molecule has 1 N–H and O–H groups in total. The number of nitrogens with zero attached hydrogens (tertiary/aromatic N) is 2. The Morgan fingerprint density at radius 2 is 2.14 bits per heavy atom. The van der Waals surface area contributed by atoms with Gasteiger partial charge in [-0.05, 0) is 50.3 Å². The van der Waals surface area contributed by atoms with Crippen LogP contribution in [0.1, 0.15) is 38.2 Å². The summed E-state index contributed by atoms with van der Waals surface area (Å²) in [4.78, 5) is 24.4. The minimum Gasteiger partial charge on any atom is -0.465 e. The van der Waals surface area contributed by atoms with Crippen LogP contribution in [0.4, 0.5) is 4.79 Å². The maximum atomic E-state index is 11.6. The van der Waals surface area contributed by atoms with E-state index in [0.717, 1.165) is 23.9 Å². The minimum atomic E-state index is -0.868. The third-order valence-electron chi connectivity index (χ3n) is 4.70. The van der Waals surface area contributed by atoms with Gasteiger partial charge in [-0.3, -0.25) is 4.57 Å². The molecule has 0 bridgehead atoms. The largest absolute Gasteiger partial charge is 0.465 e. The van der Waals surface area contributed by atoms with Gasteiger partial charge in [-0.1, -0.05) is 6.07 Å². The van der Waals surface area contributed by atoms with E-state index in [9.17, 15) is 14.7 Å². The number of benzene rings is 1. The molecular formula is C16H20N2O4. The fourth-order valence-corrected chi connectivity index (χ4v) is 3.45. The first-order valence-corrected chi connectivity index (χ1v) is 7.39. The van der Waals surface area contributed by atoms with Gasteiger partial charge in [0, 0.05) is 19.1 Å². The molecule has 0 radical (unpaired) electrons. The first-order chi connectivity index (χ1) is 10.3. The van der Waals surface area contributed by atoms with Crippen LogP contribution in [0.5, 0.6) is 0 Å². The molecule has 0 aliphatic carbocycles. The van der Waals surface area contributed by atoms with Crippen LogP contribution in [0.3, 0.4) is 0 Å². The van der Waals surface area contributed by atoms with Gasteiger partial charge in [0.2, 0.25) is 0 Å². The van der Waals surface area contributed by atoms with Crippen LogP contribution in [0.25, 0.3) is 11.1 Å². The Hall–Kier alpha value is -2.24. The van der Waals surface area contributed by atoms with Crippen molar-refractivity contribution in [2.45, 2.75) is 38.1 Å². The highest BCUT2D eigenvalue weighted by Crippen LogP contribution is 2.38. The summed E-state index contributed by atoms with van der Waals surface area (Å²) in [5.41, 5.74) is 2.06. The molecule has 3 rings (SSSR count). The van der Waals surface area contributed by atoms with Crippen LogP contribution < -0.4 is 5.76 Å². The number of piperidine rings is 1. The molecule has 6 nitrogen and oxygen atoms in total. The first kappa shape index (κ1) is 14.7.